The molecule has 0 radical (unpaired) electrons. The molecule has 3 nitrogen and oxygen atoms in total. The van der Waals surface area contributed by atoms with Crippen LogP contribution in [0.25, 0.3) is 0 Å². The van der Waals surface area contributed by atoms with Gasteiger partial charge in [0.1, 0.15) is 24.0 Å². The largest absolute Gasteiger partial charge is 0.492 e. The van der Waals surface area contributed by atoms with E-state index in [1.807, 2.05) is 18.2 Å². The van der Waals surface area contributed by atoms with Crippen LogP contribution in [0.5, 0.6) is 5.75 Å². The Morgan fingerprint density at radius 1 is 1.11 bits per heavy atom. The van der Waals surface area contributed by atoms with Crippen LogP contribution in [0.1, 0.15) is 11.6 Å². The summed E-state index contributed by atoms with van der Waals surface area (Å²) in [5.41, 5.74) is 2.73. The van der Waals surface area contributed by atoms with Gasteiger partial charge in [0.15, 0.2) is 0 Å². The number of benzene rings is 2. The van der Waals surface area contributed by atoms with Gasteiger partial charge >= 0.3 is 0 Å². The maximum Gasteiger partial charge on any atom is 0.131 e. The molecule has 0 heterocycles. The minimum atomic E-state index is -0.653. The standard InChI is InChI=1S/C14H14F2N2O/c15-10-6-7-12(13(16)8-10)14(18-17)9-19-11-4-2-1-3-5-11/h1-8,14,18H,9,17H2. The SMILES string of the molecule is NNC(COc1ccccc1)c1ccc(F)cc1F. The summed E-state index contributed by atoms with van der Waals surface area (Å²) in [5.74, 6) is 4.77. The Morgan fingerprint density at radius 2 is 1.84 bits per heavy atom. The van der Waals surface area contributed by atoms with Gasteiger partial charge in [-0.05, 0) is 18.2 Å². The summed E-state index contributed by atoms with van der Waals surface area (Å²) in [4.78, 5) is 0. The lowest BCUT2D eigenvalue weighted by Gasteiger charge is -2.17. The quantitative estimate of drug-likeness (QED) is 0.644. The molecule has 5 heteroatoms. The van der Waals surface area contributed by atoms with E-state index >= 15 is 0 Å². The molecule has 0 aromatic heterocycles. The number of hydrazine groups is 1. The van der Waals surface area contributed by atoms with E-state index in [9.17, 15) is 8.78 Å². The molecule has 2 aromatic rings. The van der Waals surface area contributed by atoms with Gasteiger partial charge in [-0.2, -0.15) is 0 Å². The van der Waals surface area contributed by atoms with Gasteiger partial charge in [-0.3, -0.25) is 5.84 Å². The topological polar surface area (TPSA) is 47.3 Å². The van der Waals surface area contributed by atoms with Gasteiger partial charge in [-0.25, -0.2) is 14.2 Å². The Kier molecular flexibility index (Phi) is 4.43. The molecular weight excluding hydrogens is 250 g/mol. The summed E-state index contributed by atoms with van der Waals surface area (Å²) in [7, 11) is 0. The molecule has 0 saturated heterocycles. The van der Waals surface area contributed by atoms with Crippen LogP contribution < -0.4 is 16.0 Å². The first kappa shape index (κ1) is 13.5. The third-order valence-corrected chi connectivity index (χ3v) is 2.70. The molecule has 0 aliphatic rings. The van der Waals surface area contributed by atoms with E-state index < -0.39 is 17.7 Å². The molecule has 1 atom stereocenters. The van der Waals surface area contributed by atoms with Crippen molar-refractivity contribution in [2.45, 2.75) is 6.04 Å². The summed E-state index contributed by atoms with van der Waals surface area (Å²) in [6.45, 7) is 0.142. The van der Waals surface area contributed by atoms with E-state index in [1.54, 1.807) is 12.1 Å². The van der Waals surface area contributed by atoms with Crippen molar-refractivity contribution >= 4 is 0 Å². The van der Waals surface area contributed by atoms with Gasteiger partial charge in [0.2, 0.25) is 0 Å². The van der Waals surface area contributed by atoms with E-state index in [4.69, 9.17) is 10.6 Å². The fourth-order valence-electron chi connectivity index (χ4n) is 1.71. The van der Waals surface area contributed by atoms with Crippen LogP contribution in [0, 0.1) is 11.6 Å². The number of rotatable bonds is 5. The minimum absolute atomic E-state index is 0.142. The first-order chi connectivity index (χ1) is 9.20. The summed E-state index contributed by atoms with van der Waals surface area (Å²) in [5, 5.41) is 0. The number of para-hydroxylation sites is 1. The average molecular weight is 264 g/mol. The first-order valence-electron chi connectivity index (χ1n) is 5.79. The predicted octanol–water partition coefficient (Wildman–Crippen LogP) is 2.55. The zero-order valence-electron chi connectivity index (χ0n) is 10.1. The second-order valence-electron chi connectivity index (χ2n) is 4.01. The third-order valence-electron chi connectivity index (χ3n) is 2.70. The second-order valence-corrected chi connectivity index (χ2v) is 4.01. The summed E-state index contributed by atoms with van der Waals surface area (Å²) in [6.07, 6.45) is 0. The third kappa shape index (κ3) is 3.49. The van der Waals surface area contributed by atoms with Crippen molar-refractivity contribution in [3.8, 4) is 5.75 Å². The van der Waals surface area contributed by atoms with Gasteiger partial charge in [0, 0.05) is 11.6 Å². The number of ether oxygens (including phenoxy) is 1. The predicted molar refractivity (Wildman–Crippen MR) is 68.4 cm³/mol. The maximum absolute atomic E-state index is 13.6. The molecule has 19 heavy (non-hydrogen) atoms. The maximum atomic E-state index is 13.6. The van der Waals surface area contributed by atoms with Gasteiger partial charge in [0.05, 0.1) is 6.04 Å². The van der Waals surface area contributed by atoms with Crippen molar-refractivity contribution in [3.63, 3.8) is 0 Å². The van der Waals surface area contributed by atoms with Crippen molar-refractivity contribution in [3.05, 3.63) is 65.7 Å². The van der Waals surface area contributed by atoms with Crippen molar-refractivity contribution in [1.29, 1.82) is 0 Å². The van der Waals surface area contributed by atoms with Crippen molar-refractivity contribution < 1.29 is 13.5 Å². The van der Waals surface area contributed by atoms with Crippen molar-refractivity contribution in [1.82, 2.24) is 5.43 Å². The molecule has 0 saturated carbocycles. The molecule has 3 N–H and O–H groups in total. The van der Waals surface area contributed by atoms with Crippen LogP contribution in [-0.2, 0) is 0 Å². The normalized spacial score (nSPS) is 12.2. The van der Waals surface area contributed by atoms with Crippen LogP contribution in [0.3, 0.4) is 0 Å². The number of hydrogen-bond donors (Lipinski definition) is 2. The Labute approximate surface area is 110 Å². The van der Waals surface area contributed by atoms with Crippen LogP contribution in [0.4, 0.5) is 8.78 Å². The summed E-state index contributed by atoms with van der Waals surface area (Å²) in [6, 6.07) is 11.9. The molecule has 100 valence electrons. The highest BCUT2D eigenvalue weighted by molar-refractivity contribution is 5.24. The molecule has 0 fully saturated rings. The van der Waals surface area contributed by atoms with Crippen molar-refractivity contribution in [2.24, 2.45) is 5.84 Å². The summed E-state index contributed by atoms with van der Waals surface area (Å²) < 4.78 is 32.0. The highest BCUT2D eigenvalue weighted by Crippen LogP contribution is 2.19. The van der Waals surface area contributed by atoms with Gasteiger partial charge in [0.25, 0.3) is 0 Å². The van der Waals surface area contributed by atoms with Crippen molar-refractivity contribution in [2.75, 3.05) is 6.61 Å². The first-order valence-corrected chi connectivity index (χ1v) is 5.79. The second kappa shape index (κ2) is 6.26. The molecule has 2 rings (SSSR count). The molecular formula is C14H14F2N2O. The highest BCUT2D eigenvalue weighted by atomic mass is 19.1. The Bertz CT molecular complexity index is 534. The Balaban J connectivity index is 2.08. The zero-order chi connectivity index (χ0) is 13.7. The fraction of sp³-hybridized carbons (Fsp3) is 0.143. The average Bonchev–Trinajstić information content (AvgIpc) is 2.42. The number of hydrogen-bond acceptors (Lipinski definition) is 3. The molecule has 0 aliphatic heterocycles. The van der Waals surface area contributed by atoms with E-state index in [0.717, 1.165) is 6.07 Å². The van der Waals surface area contributed by atoms with E-state index in [1.165, 1.54) is 12.1 Å². The lowest BCUT2D eigenvalue weighted by molar-refractivity contribution is 0.264. The molecule has 0 bridgehead atoms. The van der Waals surface area contributed by atoms with Crippen LogP contribution in [0.2, 0.25) is 0 Å². The van der Waals surface area contributed by atoms with E-state index in [-0.39, 0.29) is 12.2 Å². The molecule has 1 unspecified atom stereocenters. The van der Waals surface area contributed by atoms with E-state index in [0.29, 0.717) is 5.75 Å². The number of halogens is 2. The molecule has 2 aromatic carbocycles. The smallest absolute Gasteiger partial charge is 0.131 e. The van der Waals surface area contributed by atoms with Gasteiger partial charge in [-0.1, -0.05) is 24.3 Å². The monoisotopic (exact) mass is 264 g/mol. The lowest BCUT2D eigenvalue weighted by atomic mass is 10.1. The Hall–Kier alpha value is -1.98. The molecule has 0 amide bonds. The zero-order valence-corrected chi connectivity index (χ0v) is 10.1. The molecule has 0 spiro atoms. The van der Waals surface area contributed by atoms with Crippen LogP contribution >= 0.6 is 0 Å². The van der Waals surface area contributed by atoms with Crippen LogP contribution in [0.15, 0.2) is 48.5 Å². The lowest BCUT2D eigenvalue weighted by Crippen LogP contribution is -2.33. The highest BCUT2D eigenvalue weighted by Gasteiger charge is 2.15. The number of nitrogens with one attached hydrogen (secondary N) is 1. The minimum Gasteiger partial charge on any atom is -0.492 e. The Morgan fingerprint density at radius 3 is 2.47 bits per heavy atom. The van der Waals surface area contributed by atoms with Gasteiger partial charge in [-0.15, -0.1) is 0 Å². The summed E-state index contributed by atoms with van der Waals surface area (Å²) >= 11 is 0. The number of nitrogens with two attached hydrogens (primary N) is 1. The van der Waals surface area contributed by atoms with E-state index in [2.05, 4.69) is 5.43 Å². The van der Waals surface area contributed by atoms with Crippen LogP contribution in [-0.4, -0.2) is 6.61 Å². The fourth-order valence-corrected chi connectivity index (χ4v) is 1.71. The molecule has 0 aliphatic carbocycles. The van der Waals surface area contributed by atoms with Gasteiger partial charge < -0.3 is 4.74 Å².